The van der Waals surface area contributed by atoms with Gasteiger partial charge >= 0.3 is 0 Å². The Morgan fingerprint density at radius 2 is 1.00 bits per heavy atom. The lowest BCUT2D eigenvalue weighted by Crippen LogP contribution is -2.24. The van der Waals surface area contributed by atoms with Crippen LogP contribution >= 0.6 is 0 Å². The molecule has 0 unspecified atom stereocenters. The summed E-state index contributed by atoms with van der Waals surface area (Å²) in [5, 5.41) is 0. The Hall–Kier alpha value is -0.920. The Balaban J connectivity index is 0.000000192. The third-order valence-electron chi connectivity index (χ3n) is 10.2. The van der Waals surface area contributed by atoms with Crippen molar-refractivity contribution in [1.29, 1.82) is 0 Å². The standard InChI is InChI=1S/C20H28F2.C12H22/c1-13-3-5-15(6-4-13)16-7-9-17(10-8-16)18-11-14(2)20(22)19(21)12-18;1-3-7-11(8-4-1)12-9-5-2-6-10-12/h11-13,15-17H,3-10H2,1-2H3;11-12H,1-10H2. The van der Waals surface area contributed by atoms with Crippen LogP contribution in [0.1, 0.15) is 140 Å². The van der Waals surface area contributed by atoms with Crippen LogP contribution in [0.2, 0.25) is 0 Å². The van der Waals surface area contributed by atoms with Crippen LogP contribution < -0.4 is 0 Å². The first kappa shape index (κ1) is 26.2. The topological polar surface area (TPSA) is 0 Å². The first-order valence-corrected chi connectivity index (χ1v) is 15.0. The summed E-state index contributed by atoms with van der Waals surface area (Å²) in [6.07, 6.45) is 25.8. The lowest BCUT2D eigenvalue weighted by molar-refractivity contribution is 0.165. The molecule has 1 aromatic carbocycles. The summed E-state index contributed by atoms with van der Waals surface area (Å²) in [5.41, 5.74) is 1.45. The van der Waals surface area contributed by atoms with Crippen molar-refractivity contribution in [1.82, 2.24) is 0 Å². The molecular formula is C32H50F2. The van der Waals surface area contributed by atoms with Gasteiger partial charge in [-0.1, -0.05) is 90.0 Å². The molecule has 5 rings (SSSR count). The summed E-state index contributed by atoms with van der Waals surface area (Å²) in [6.45, 7) is 4.04. The van der Waals surface area contributed by atoms with Crippen molar-refractivity contribution in [3.8, 4) is 0 Å². The van der Waals surface area contributed by atoms with Crippen LogP contribution in [0.3, 0.4) is 0 Å². The minimum Gasteiger partial charge on any atom is -0.204 e. The highest BCUT2D eigenvalue weighted by Gasteiger charge is 2.31. The second-order valence-electron chi connectivity index (χ2n) is 12.6. The number of hydrogen-bond acceptors (Lipinski definition) is 0. The number of benzene rings is 1. The Labute approximate surface area is 208 Å². The van der Waals surface area contributed by atoms with Crippen molar-refractivity contribution in [2.24, 2.45) is 29.6 Å². The zero-order chi connectivity index (χ0) is 23.9. The Bertz CT molecular complexity index is 688. The van der Waals surface area contributed by atoms with Gasteiger partial charge in [-0.25, -0.2) is 8.78 Å². The predicted molar refractivity (Wildman–Crippen MR) is 140 cm³/mol. The molecule has 192 valence electrons. The van der Waals surface area contributed by atoms with E-state index < -0.39 is 11.6 Å². The SMILES string of the molecule is C1CCC(C2CCCCC2)CC1.Cc1cc(C2CCC(C3CCC(C)CC3)CC2)cc(F)c1F. The molecule has 0 saturated heterocycles. The summed E-state index contributed by atoms with van der Waals surface area (Å²) in [4.78, 5) is 0. The molecule has 2 heteroatoms. The first-order valence-electron chi connectivity index (χ1n) is 15.0. The number of rotatable bonds is 3. The number of aryl methyl sites for hydroxylation is 1. The third-order valence-corrected chi connectivity index (χ3v) is 10.2. The normalized spacial score (nSPS) is 31.5. The molecule has 0 spiro atoms. The van der Waals surface area contributed by atoms with E-state index in [0.717, 1.165) is 48.0 Å². The summed E-state index contributed by atoms with van der Waals surface area (Å²) in [5.74, 6) is 4.04. The van der Waals surface area contributed by atoms with Gasteiger partial charge in [-0.2, -0.15) is 0 Å². The van der Waals surface area contributed by atoms with Crippen LogP contribution in [-0.2, 0) is 0 Å². The van der Waals surface area contributed by atoms with Crippen molar-refractivity contribution < 1.29 is 8.78 Å². The van der Waals surface area contributed by atoms with Crippen LogP contribution in [0.5, 0.6) is 0 Å². The van der Waals surface area contributed by atoms with E-state index in [4.69, 9.17) is 0 Å². The van der Waals surface area contributed by atoms with E-state index in [0.29, 0.717) is 11.5 Å². The van der Waals surface area contributed by atoms with E-state index in [1.54, 1.807) is 32.6 Å². The van der Waals surface area contributed by atoms with E-state index in [1.807, 2.05) is 6.07 Å². The van der Waals surface area contributed by atoms with Crippen LogP contribution in [0.4, 0.5) is 8.78 Å². The van der Waals surface area contributed by atoms with Gasteiger partial charge in [0.15, 0.2) is 11.6 Å². The summed E-state index contributed by atoms with van der Waals surface area (Å²) < 4.78 is 27.1. The van der Waals surface area contributed by atoms with Gasteiger partial charge in [-0.15, -0.1) is 0 Å². The van der Waals surface area contributed by atoms with Gasteiger partial charge < -0.3 is 0 Å². The lowest BCUT2D eigenvalue weighted by Gasteiger charge is -2.37. The van der Waals surface area contributed by atoms with Gasteiger partial charge in [0.25, 0.3) is 0 Å². The van der Waals surface area contributed by atoms with E-state index in [9.17, 15) is 8.78 Å². The van der Waals surface area contributed by atoms with Crippen molar-refractivity contribution in [2.75, 3.05) is 0 Å². The molecule has 4 fully saturated rings. The monoisotopic (exact) mass is 472 g/mol. The molecule has 0 N–H and O–H groups in total. The van der Waals surface area contributed by atoms with Gasteiger partial charge in [0.2, 0.25) is 0 Å². The zero-order valence-corrected chi connectivity index (χ0v) is 22.1. The molecule has 0 atom stereocenters. The fourth-order valence-corrected chi connectivity index (χ4v) is 7.88. The molecular weight excluding hydrogens is 422 g/mol. The minimum atomic E-state index is -0.686. The summed E-state index contributed by atoms with van der Waals surface area (Å²) in [7, 11) is 0. The molecule has 0 nitrogen and oxygen atoms in total. The van der Waals surface area contributed by atoms with Gasteiger partial charge in [0, 0.05) is 0 Å². The fraction of sp³-hybridized carbons (Fsp3) is 0.812. The highest BCUT2D eigenvalue weighted by atomic mass is 19.2. The van der Waals surface area contributed by atoms with Crippen molar-refractivity contribution >= 4 is 0 Å². The molecule has 0 aliphatic heterocycles. The number of halogens is 2. The van der Waals surface area contributed by atoms with E-state index in [-0.39, 0.29) is 0 Å². The lowest BCUT2D eigenvalue weighted by atomic mass is 9.68. The van der Waals surface area contributed by atoms with E-state index in [2.05, 4.69) is 6.92 Å². The maximum atomic E-state index is 13.6. The average Bonchev–Trinajstić information content (AvgIpc) is 2.89. The smallest absolute Gasteiger partial charge is 0.161 e. The second-order valence-corrected chi connectivity index (χ2v) is 12.6. The average molecular weight is 473 g/mol. The molecule has 4 saturated carbocycles. The van der Waals surface area contributed by atoms with Crippen LogP contribution in [0.15, 0.2) is 12.1 Å². The highest BCUT2D eigenvalue weighted by molar-refractivity contribution is 5.28. The molecule has 0 aromatic heterocycles. The fourth-order valence-electron chi connectivity index (χ4n) is 7.88. The van der Waals surface area contributed by atoms with Gasteiger partial charge in [-0.3, -0.25) is 0 Å². The van der Waals surface area contributed by atoms with E-state index in [1.165, 1.54) is 83.1 Å². The molecule has 0 amide bonds. The van der Waals surface area contributed by atoms with Gasteiger partial charge in [0.05, 0.1) is 0 Å². The van der Waals surface area contributed by atoms with Gasteiger partial charge in [0.1, 0.15) is 0 Å². The maximum absolute atomic E-state index is 13.6. The largest absolute Gasteiger partial charge is 0.204 e. The highest BCUT2D eigenvalue weighted by Crippen LogP contribution is 2.44. The van der Waals surface area contributed by atoms with Crippen molar-refractivity contribution in [2.45, 2.75) is 135 Å². The first-order chi connectivity index (χ1) is 16.5. The van der Waals surface area contributed by atoms with E-state index >= 15 is 0 Å². The zero-order valence-electron chi connectivity index (χ0n) is 22.1. The van der Waals surface area contributed by atoms with Crippen LogP contribution in [0, 0.1) is 48.1 Å². The van der Waals surface area contributed by atoms with Crippen molar-refractivity contribution in [3.63, 3.8) is 0 Å². The van der Waals surface area contributed by atoms with Crippen LogP contribution in [-0.4, -0.2) is 0 Å². The minimum absolute atomic E-state index is 0.424. The molecule has 34 heavy (non-hydrogen) atoms. The molecule has 4 aliphatic carbocycles. The Morgan fingerprint density at radius 3 is 1.47 bits per heavy atom. The molecule has 0 bridgehead atoms. The summed E-state index contributed by atoms with van der Waals surface area (Å²) in [6, 6.07) is 3.28. The predicted octanol–water partition coefficient (Wildman–Crippen LogP) is 10.5. The quantitative estimate of drug-likeness (QED) is 0.410. The number of hydrogen-bond donors (Lipinski definition) is 0. The Morgan fingerprint density at radius 1 is 0.559 bits per heavy atom. The maximum Gasteiger partial charge on any atom is 0.161 e. The van der Waals surface area contributed by atoms with Gasteiger partial charge in [-0.05, 0) is 98.1 Å². The summed E-state index contributed by atoms with van der Waals surface area (Å²) >= 11 is 0. The molecule has 0 radical (unpaired) electrons. The molecule has 4 aliphatic rings. The second kappa shape index (κ2) is 12.9. The molecule has 0 heterocycles. The third kappa shape index (κ3) is 7.07. The van der Waals surface area contributed by atoms with Crippen LogP contribution in [0.25, 0.3) is 0 Å². The Kier molecular flexibility index (Phi) is 9.89. The van der Waals surface area contributed by atoms with Crippen molar-refractivity contribution in [3.05, 3.63) is 34.9 Å². The molecule has 1 aromatic rings.